The van der Waals surface area contributed by atoms with E-state index in [0.29, 0.717) is 0 Å². The van der Waals surface area contributed by atoms with Crippen molar-refractivity contribution in [3.63, 3.8) is 0 Å². The van der Waals surface area contributed by atoms with E-state index in [0.717, 1.165) is 25.7 Å². The normalized spacial score (nSPS) is 24.5. The van der Waals surface area contributed by atoms with Gasteiger partial charge in [0.25, 0.3) is 0 Å². The Morgan fingerprint density at radius 3 is 2.00 bits per heavy atom. The van der Waals surface area contributed by atoms with Crippen LogP contribution >= 0.6 is 0 Å². The molecule has 0 saturated heterocycles. The number of hydrogen-bond acceptors (Lipinski definition) is 3. The Kier molecular flexibility index (Phi) is 4.77. The fourth-order valence-corrected chi connectivity index (χ4v) is 2.56. The molecule has 0 aromatic carbocycles. The first-order valence-corrected chi connectivity index (χ1v) is 6.62. The van der Waals surface area contributed by atoms with Gasteiger partial charge in [0, 0.05) is 18.5 Å². The first-order valence-electron chi connectivity index (χ1n) is 6.62. The zero-order valence-corrected chi connectivity index (χ0v) is 12.2. The summed E-state index contributed by atoms with van der Waals surface area (Å²) in [6.45, 7) is 5.81. The molecule has 1 amide bonds. The molecule has 1 saturated carbocycles. The molecule has 0 bridgehead atoms. The van der Waals surface area contributed by atoms with Crippen LogP contribution in [-0.4, -0.2) is 37.0 Å². The van der Waals surface area contributed by atoms with Gasteiger partial charge in [-0.15, -0.1) is 0 Å². The molecule has 4 heteroatoms. The van der Waals surface area contributed by atoms with Crippen LogP contribution in [0.3, 0.4) is 0 Å². The zero-order valence-electron chi connectivity index (χ0n) is 12.2. The largest absolute Gasteiger partial charge is 0.469 e. The van der Waals surface area contributed by atoms with Gasteiger partial charge in [-0.1, -0.05) is 20.8 Å². The highest BCUT2D eigenvalue weighted by atomic mass is 16.5. The van der Waals surface area contributed by atoms with Crippen LogP contribution in [0.1, 0.15) is 46.5 Å². The lowest BCUT2D eigenvalue weighted by Crippen LogP contribution is -2.45. The standard InChI is InChI=1S/C14H25NO3/c1-14(2,3)13(17)15(4)11-8-6-10(7-9-11)12(16)18-5/h10-11H,6-9H2,1-5H3. The molecule has 0 aromatic heterocycles. The summed E-state index contributed by atoms with van der Waals surface area (Å²) >= 11 is 0. The van der Waals surface area contributed by atoms with Crippen LogP contribution in [0.4, 0.5) is 0 Å². The highest BCUT2D eigenvalue weighted by Crippen LogP contribution is 2.29. The van der Waals surface area contributed by atoms with Crippen molar-refractivity contribution >= 4 is 11.9 Å². The predicted octanol–water partition coefficient (Wildman–Crippen LogP) is 2.22. The van der Waals surface area contributed by atoms with Gasteiger partial charge in [0.2, 0.25) is 5.91 Å². The molecular formula is C14H25NO3. The van der Waals surface area contributed by atoms with Gasteiger partial charge in [0.15, 0.2) is 0 Å². The Hall–Kier alpha value is -1.06. The number of rotatable bonds is 2. The van der Waals surface area contributed by atoms with Gasteiger partial charge in [-0.3, -0.25) is 9.59 Å². The molecule has 0 spiro atoms. The second kappa shape index (κ2) is 5.72. The molecule has 104 valence electrons. The van der Waals surface area contributed by atoms with Gasteiger partial charge < -0.3 is 9.64 Å². The average Bonchev–Trinajstić information content (AvgIpc) is 2.35. The second-order valence-electron chi connectivity index (χ2n) is 6.19. The third-order valence-corrected chi connectivity index (χ3v) is 3.74. The van der Waals surface area contributed by atoms with E-state index in [1.54, 1.807) is 0 Å². The summed E-state index contributed by atoms with van der Waals surface area (Å²) in [5.74, 6) is 0.0756. The molecule has 0 aromatic rings. The number of nitrogens with zero attached hydrogens (tertiary/aromatic N) is 1. The number of ether oxygens (including phenoxy) is 1. The van der Waals surface area contributed by atoms with E-state index >= 15 is 0 Å². The SMILES string of the molecule is COC(=O)C1CCC(N(C)C(=O)C(C)(C)C)CC1. The first kappa shape index (κ1) is 15.0. The lowest BCUT2D eigenvalue weighted by atomic mass is 9.84. The number of carbonyl (C=O) groups is 2. The Labute approximate surface area is 110 Å². The molecule has 18 heavy (non-hydrogen) atoms. The van der Waals surface area contributed by atoms with Crippen LogP contribution in [0.25, 0.3) is 0 Å². The van der Waals surface area contributed by atoms with Gasteiger partial charge in [0.1, 0.15) is 0 Å². The average molecular weight is 255 g/mol. The van der Waals surface area contributed by atoms with Crippen LogP contribution < -0.4 is 0 Å². The lowest BCUT2D eigenvalue weighted by Gasteiger charge is -2.36. The highest BCUT2D eigenvalue weighted by Gasteiger charge is 2.33. The Balaban J connectivity index is 2.53. The van der Waals surface area contributed by atoms with Gasteiger partial charge in [-0.05, 0) is 25.7 Å². The maximum absolute atomic E-state index is 12.2. The van der Waals surface area contributed by atoms with Gasteiger partial charge in [-0.25, -0.2) is 0 Å². The summed E-state index contributed by atoms with van der Waals surface area (Å²) in [5, 5.41) is 0. The van der Waals surface area contributed by atoms with Crippen LogP contribution in [0.15, 0.2) is 0 Å². The maximum atomic E-state index is 12.2. The summed E-state index contributed by atoms with van der Waals surface area (Å²) in [7, 11) is 3.31. The van der Waals surface area contributed by atoms with E-state index in [1.807, 2.05) is 32.7 Å². The van der Waals surface area contributed by atoms with E-state index in [4.69, 9.17) is 4.74 Å². The summed E-state index contributed by atoms with van der Waals surface area (Å²) in [6, 6.07) is 0.262. The topological polar surface area (TPSA) is 46.6 Å². The maximum Gasteiger partial charge on any atom is 0.308 e. The smallest absolute Gasteiger partial charge is 0.308 e. The summed E-state index contributed by atoms with van der Waals surface area (Å²) in [4.78, 5) is 25.5. The van der Waals surface area contributed by atoms with Crippen molar-refractivity contribution < 1.29 is 14.3 Å². The molecule has 0 unspecified atom stereocenters. The highest BCUT2D eigenvalue weighted by molar-refractivity contribution is 5.81. The quantitative estimate of drug-likeness (QED) is 0.711. The molecule has 1 rings (SSSR count). The molecule has 0 N–H and O–H groups in total. The van der Waals surface area contributed by atoms with E-state index < -0.39 is 0 Å². The lowest BCUT2D eigenvalue weighted by molar-refractivity contribution is -0.147. The minimum Gasteiger partial charge on any atom is -0.469 e. The van der Waals surface area contributed by atoms with E-state index in [2.05, 4.69) is 0 Å². The fraction of sp³-hybridized carbons (Fsp3) is 0.857. The summed E-state index contributed by atoms with van der Waals surface area (Å²) in [5.41, 5.74) is -0.339. The molecule has 0 radical (unpaired) electrons. The van der Waals surface area contributed by atoms with Crippen molar-refractivity contribution in [2.75, 3.05) is 14.2 Å². The monoisotopic (exact) mass is 255 g/mol. The third kappa shape index (κ3) is 3.47. The van der Waals surface area contributed by atoms with Crippen molar-refractivity contribution in [3.05, 3.63) is 0 Å². The van der Waals surface area contributed by atoms with Crippen LogP contribution in [0.5, 0.6) is 0 Å². The molecule has 1 aliphatic rings. The van der Waals surface area contributed by atoms with Gasteiger partial charge in [-0.2, -0.15) is 0 Å². The zero-order chi connectivity index (χ0) is 13.9. The van der Waals surface area contributed by atoms with Crippen molar-refractivity contribution in [2.24, 2.45) is 11.3 Å². The van der Waals surface area contributed by atoms with Crippen molar-refractivity contribution in [2.45, 2.75) is 52.5 Å². The molecule has 0 aliphatic heterocycles. The molecule has 4 nitrogen and oxygen atoms in total. The molecule has 0 heterocycles. The number of methoxy groups -OCH3 is 1. The van der Waals surface area contributed by atoms with Crippen molar-refractivity contribution in [3.8, 4) is 0 Å². The number of esters is 1. The second-order valence-corrected chi connectivity index (χ2v) is 6.19. The van der Waals surface area contributed by atoms with Crippen LogP contribution in [0.2, 0.25) is 0 Å². The number of hydrogen-bond donors (Lipinski definition) is 0. The molecule has 1 fully saturated rings. The number of amides is 1. The van der Waals surface area contributed by atoms with Crippen molar-refractivity contribution in [1.29, 1.82) is 0 Å². The molecule has 0 atom stereocenters. The Morgan fingerprint density at radius 2 is 1.61 bits per heavy atom. The minimum absolute atomic E-state index is 0.0180. The Morgan fingerprint density at radius 1 is 1.11 bits per heavy atom. The van der Waals surface area contributed by atoms with E-state index in [-0.39, 0.29) is 29.3 Å². The van der Waals surface area contributed by atoms with Crippen LogP contribution in [-0.2, 0) is 14.3 Å². The van der Waals surface area contributed by atoms with Crippen molar-refractivity contribution in [1.82, 2.24) is 4.90 Å². The molecular weight excluding hydrogens is 230 g/mol. The summed E-state index contributed by atoms with van der Waals surface area (Å²) < 4.78 is 4.77. The predicted molar refractivity (Wildman–Crippen MR) is 70.0 cm³/mol. The van der Waals surface area contributed by atoms with Gasteiger partial charge >= 0.3 is 5.97 Å². The van der Waals surface area contributed by atoms with E-state index in [9.17, 15) is 9.59 Å². The number of carbonyl (C=O) groups excluding carboxylic acids is 2. The Bertz CT molecular complexity index is 311. The third-order valence-electron chi connectivity index (χ3n) is 3.74. The molecule has 1 aliphatic carbocycles. The minimum atomic E-state index is -0.339. The summed E-state index contributed by atoms with van der Waals surface area (Å²) in [6.07, 6.45) is 3.41. The van der Waals surface area contributed by atoms with Gasteiger partial charge in [0.05, 0.1) is 13.0 Å². The van der Waals surface area contributed by atoms with Crippen LogP contribution in [0, 0.1) is 11.3 Å². The van der Waals surface area contributed by atoms with E-state index in [1.165, 1.54) is 7.11 Å². The first-order chi connectivity index (χ1) is 8.27. The fourth-order valence-electron chi connectivity index (χ4n) is 2.56.